The quantitative estimate of drug-likeness (QED) is 0.313. The van der Waals surface area contributed by atoms with Gasteiger partial charge in [-0.25, -0.2) is 9.97 Å². The molecule has 4 rings (SSSR count). The first kappa shape index (κ1) is 26.1. The Morgan fingerprint density at radius 1 is 1.08 bits per heavy atom. The molecule has 0 aromatic carbocycles. The first-order chi connectivity index (χ1) is 17.0. The summed E-state index contributed by atoms with van der Waals surface area (Å²) in [4.78, 5) is 13.9. The molecule has 1 aliphatic carbocycles. The Bertz CT molecular complexity index is 1220. The van der Waals surface area contributed by atoms with Crippen LogP contribution in [0.5, 0.6) is 5.88 Å². The van der Waals surface area contributed by atoms with Gasteiger partial charge in [0.25, 0.3) is 0 Å². The van der Waals surface area contributed by atoms with Crippen LogP contribution in [-0.4, -0.2) is 68.3 Å². The largest absolute Gasteiger partial charge is 0.478 e. The van der Waals surface area contributed by atoms with Gasteiger partial charge < -0.3 is 35.1 Å². The first-order valence-corrected chi connectivity index (χ1v) is 12.4. The lowest BCUT2D eigenvalue weighted by Crippen LogP contribution is -2.35. The summed E-state index contributed by atoms with van der Waals surface area (Å²) in [6, 6.07) is 3.24. The van der Waals surface area contributed by atoms with Gasteiger partial charge >= 0.3 is 0 Å². The third-order valence-electron chi connectivity index (χ3n) is 6.41. The molecule has 36 heavy (non-hydrogen) atoms. The lowest BCUT2D eigenvalue weighted by atomic mass is 9.97. The molecule has 0 bridgehead atoms. The summed E-state index contributed by atoms with van der Waals surface area (Å²) in [7, 11) is 0. The number of aryl methyl sites for hydroxylation is 2. The molecule has 3 aromatic heterocycles. The second-order valence-electron chi connectivity index (χ2n) is 10.7. The van der Waals surface area contributed by atoms with Crippen LogP contribution in [0.25, 0.3) is 22.3 Å². The molecule has 1 fully saturated rings. The van der Waals surface area contributed by atoms with Crippen molar-refractivity contribution in [2.24, 2.45) is 11.3 Å². The lowest BCUT2D eigenvalue weighted by Gasteiger charge is -2.22. The molecule has 4 atom stereocenters. The number of aliphatic hydroxyl groups is 3. The molecule has 1 aliphatic rings. The van der Waals surface area contributed by atoms with Gasteiger partial charge in [0, 0.05) is 30.5 Å². The number of aliphatic hydroxyl groups excluding tert-OH is 3. The molecular formula is C26H37N5O5. The maximum Gasteiger partial charge on any atom is 0.224 e. The molecule has 0 spiro atoms. The van der Waals surface area contributed by atoms with Crippen LogP contribution in [0.3, 0.4) is 0 Å². The number of aromatic nitrogens is 3. The summed E-state index contributed by atoms with van der Waals surface area (Å²) in [6.45, 7) is 13.0. The molecule has 3 aromatic rings. The zero-order valence-electron chi connectivity index (χ0n) is 21.8. The summed E-state index contributed by atoms with van der Waals surface area (Å²) in [5.41, 5.74) is 2.71. The molecule has 5 N–H and O–H groups in total. The van der Waals surface area contributed by atoms with Crippen molar-refractivity contribution >= 4 is 22.7 Å². The molecular weight excluding hydrogens is 462 g/mol. The van der Waals surface area contributed by atoms with Crippen molar-refractivity contribution < 1.29 is 24.5 Å². The van der Waals surface area contributed by atoms with Gasteiger partial charge in [0.15, 0.2) is 5.58 Å². The Balaban J connectivity index is 1.78. The van der Waals surface area contributed by atoms with Gasteiger partial charge in [-0.05, 0) is 38.7 Å². The number of nitrogens with one attached hydrogen (secondary N) is 2. The molecule has 0 aliphatic heterocycles. The van der Waals surface area contributed by atoms with E-state index in [9.17, 15) is 15.3 Å². The Morgan fingerprint density at radius 2 is 1.83 bits per heavy atom. The monoisotopic (exact) mass is 499 g/mol. The number of pyridine rings is 1. The minimum atomic E-state index is -1.05. The van der Waals surface area contributed by atoms with Crippen molar-refractivity contribution in [3.05, 3.63) is 23.5 Å². The van der Waals surface area contributed by atoms with Crippen molar-refractivity contribution in [1.82, 2.24) is 15.0 Å². The van der Waals surface area contributed by atoms with Crippen LogP contribution >= 0.6 is 0 Å². The van der Waals surface area contributed by atoms with Gasteiger partial charge in [-0.1, -0.05) is 20.8 Å². The van der Waals surface area contributed by atoms with Crippen LogP contribution in [-0.2, 0) is 0 Å². The first-order valence-electron chi connectivity index (χ1n) is 12.4. The average molecular weight is 500 g/mol. The third kappa shape index (κ3) is 5.40. The van der Waals surface area contributed by atoms with E-state index in [0.717, 1.165) is 5.39 Å². The van der Waals surface area contributed by atoms with Gasteiger partial charge in [0.1, 0.15) is 17.7 Å². The zero-order chi connectivity index (χ0) is 26.2. The van der Waals surface area contributed by atoms with E-state index in [0.29, 0.717) is 65.5 Å². The van der Waals surface area contributed by atoms with Crippen molar-refractivity contribution in [2.75, 3.05) is 30.4 Å². The molecule has 10 heteroatoms. The van der Waals surface area contributed by atoms with Crippen LogP contribution in [0.1, 0.15) is 45.5 Å². The van der Waals surface area contributed by atoms with Crippen LogP contribution in [0.4, 0.5) is 11.8 Å². The molecule has 0 radical (unpaired) electrons. The highest BCUT2D eigenvalue weighted by Crippen LogP contribution is 2.38. The van der Waals surface area contributed by atoms with E-state index in [1.807, 2.05) is 32.9 Å². The predicted molar refractivity (Wildman–Crippen MR) is 138 cm³/mol. The molecule has 0 saturated heterocycles. The average Bonchev–Trinajstić information content (AvgIpc) is 3.34. The van der Waals surface area contributed by atoms with Gasteiger partial charge in [-0.3, -0.25) is 0 Å². The molecule has 10 nitrogen and oxygen atoms in total. The number of rotatable bonds is 8. The maximum absolute atomic E-state index is 10.6. The highest BCUT2D eigenvalue weighted by molar-refractivity contribution is 5.88. The molecule has 0 unspecified atom stereocenters. The number of fused-ring (bicyclic) bond motifs is 1. The Labute approximate surface area is 211 Å². The van der Waals surface area contributed by atoms with Gasteiger partial charge in [-0.15, -0.1) is 0 Å². The fourth-order valence-corrected chi connectivity index (χ4v) is 4.54. The lowest BCUT2D eigenvalue weighted by molar-refractivity contribution is 0.00446. The number of hydrogen-bond donors (Lipinski definition) is 5. The van der Waals surface area contributed by atoms with Gasteiger partial charge in [0.2, 0.25) is 11.8 Å². The van der Waals surface area contributed by atoms with Gasteiger partial charge in [0.05, 0.1) is 35.7 Å². The van der Waals surface area contributed by atoms with E-state index < -0.39 is 24.2 Å². The summed E-state index contributed by atoms with van der Waals surface area (Å²) in [5.74, 6) is 1.59. The van der Waals surface area contributed by atoms with E-state index in [4.69, 9.17) is 14.1 Å². The highest BCUT2D eigenvalue weighted by atomic mass is 16.5. The van der Waals surface area contributed by atoms with E-state index in [1.165, 1.54) is 0 Å². The Hall–Kier alpha value is -2.95. The smallest absolute Gasteiger partial charge is 0.224 e. The predicted octanol–water partition coefficient (Wildman–Crippen LogP) is 3.27. The summed E-state index contributed by atoms with van der Waals surface area (Å²) >= 11 is 0. The van der Waals surface area contributed by atoms with E-state index in [1.54, 1.807) is 0 Å². The second kappa shape index (κ2) is 10.2. The minimum Gasteiger partial charge on any atom is -0.478 e. The fraction of sp³-hybridized carbons (Fsp3) is 0.577. The number of anilines is 2. The number of furan rings is 1. The molecule has 196 valence electrons. The normalized spacial score (nSPS) is 22.2. The Morgan fingerprint density at radius 3 is 2.47 bits per heavy atom. The number of nitrogens with zero attached hydrogens (tertiary/aromatic N) is 3. The highest BCUT2D eigenvalue weighted by Gasteiger charge is 2.41. The SMILES string of the molecule is CCOc1cc2cc(-c3c(C)nc(NCC(C)(C)C)nc3N[C@@H]3C[C@H](CO)[C@@H](O)[C@H]3O)oc2c(C)n1. The standard InChI is InChI=1S/C26H37N5O5/c1-7-35-19-10-15-9-18(36-23(15)14(3)28-19)20-13(2)29-25(27-12-26(4,5)6)31-24(20)30-17-8-16(11-32)21(33)22(17)34/h9-10,16-17,21-22,32-34H,7-8,11-12H2,1-6H3,(H2,27,29,30,31)/t16-,17-,21-,22+/m1/s1. The van der Waals surface area contributed by atoms with Crippen molar-refractivity contribution in [3.8, 4) is 17.2 Å². The van der Waals surface area contributed by atoms with Crippen molar-refractivity contribution in [1.29, 1.82) is 0 Å². The second-order valence-corrected chi connectivity index (χ2v) is 10.7. The van der Waals surface area contributed by atoms with E-state index in [-0.39, 0.29) is 12.0 Å². The Kier molecular flexibility index (Phi) is 7.40. The topological polar surface area (TPSA) is 146 Å². The molecule has 3 heterocycles. The van der Waals surface area contributed by atoms with Crippen molar-refractivity contribution in [2.45, 2.75) is 66.2 Å². The van der Waals surface area contributed by atoms with Crippen LogP contribution in [0.2, 0.25) is 0 Å². The number of ether oxygens (including phenoxy) is 1. The zero-order valence-corrected chi connectivity index (χ0v) is 21.8. The van der Waals surface area contributed by atoms with Crippen LogP contribution in [0.15, 0.2) is 16.5 Å². The van der Waals surface area contributed by atoms with E-state index >= 15 is 0 Å². The summed E-state index contributed by atoms with van der Waals surface area (Å²) in [6.07, 6.45) is -1.67. The summed E-state index contributed by atoms with van der Waals surface area (Å²) < 4.78 is 11.8. The van der Waals surface area contributed by atoms with E-state index in [2.05, 4.69) is 41.4 Å². The maximum atomic E-state index is 10.6. The van der Waals surface area contributed by atoms with Crippen molar-refractivity contribution in [3.63, 3.8) is 0 Å². The fourth-order valence-electron chi connectivity index (χ4n) is 4.54. The summed E-state index contributed by atoms with van der Waals surface area (Å²) in [5, 5.41) is 38.0. The minimum absolute atomic E-state index is 0.0190. The van der Waals surface area contributed by atoms with Crippen LogP contribution in [0, 0.1) is 25.2 Å². The third-order valence-corrected chi connectivity index (χ3v) is 6.41. The van der Waals surface area contributed by atoms with Gasteiger partial charge in [-0.2, -0.15) is 4.98 Å². The molecule has 0 amide bonds. The van der Waals surface area contributed by atoms with Crippen LogP contribution < -0.4 is 15.4 Å². The number of hydrogen-bond acceptors (Lipinski definition) is 10. The molecule has 1 saturated carbocycles.